The summed E-state index contributed by atoms with van der Waals surface area (Å²) in [6.45, 7) is 3.98. The van der Waals surface area contributed by atoms with Crippen LogP contribution in [0.4, 0.5) is 10.1 Å². The van der Waals surface area contributed by atoms with Crippen LogP contribution >= 0.6 is 0 Å². The topological polar surface area (TPSA) is 55.1 Å². The molecular formula is C16H17FN2O. The second kappa shape index (κ2) is 5.74. The average Bonchev–Trinajstić information content (AvgIpc) is 2.43. The molecule has 2 aromatic carbocycles. The van der Waals surface area contributed by atoms with Crippen molar-refractivity contribution in [2.45, 2.75) is 20.4 Å². The number of rotatable bonds is 3. The van der Waals surface area contributed by atoms with Gasteiger partial charge < -0.3 is 11.1 Å². The van der Waals surface area contributed by atoms with Crippen molar-refractivity contribution < 1.29 is 9.18 Å². The molecule has 0 saturated carbocycles. The third-order valence-corrected chi connectivity index (χ3v) is 3.22. The van der Waals surface area contributed by atoms with Crippen LogP contribution in [0.15, 0.2) is 36.4 Å². The molecule has 0 fully saturated rings. The molecule has 2 aromatic rings. The lowest BCUT2D eigenvalue weighted by Crippen LogP contribution is -2.23. The monoisotopic (exact) mass is 272 g/mol. The summed E-state index contributed by atoms with van der Waals surface area (Å²) in [7, 11) is 0. The maximum Gasteiger partial charge on any atom is 0.251 e. The number of amides is 1. The van der Waals surface area contributed by atoms with E-state index in [1.807, 2.05) is 31.2 Å². The van der Waals surface area contributed by atoms with Gasteiger partial charge in [-0.1, -0.05) is 29.8 Å². The number of hydrogen-bond acceptors (Lipinski definition) is 2. The Morgan fingerprint density at radius 1 is 1.20 bits per heavy atom. The van der Waals surface area contributed by atoms with Crippen LogP contribution in [0.25, 0.3) is 0 Å². The van der Waals surface area contributed by atoms with Crippen molar-refractivity contribution in [1.82, 2.24) is 5.32 Å². The van der Waals surface area contributed by atoms with Gasteiger partial charge in [-0.15, -0.1) is 0 Å². The molecule has 0 aliphatic carbocycles. The Morgan fingerprint density at radius 2 is 1.85 bits per heavy atom. The van der Waals surface area contributed by atoms with Crippen molar-refractivity contribution in [1.29, 1.82) is 0 Å². The molecule has 4 heteroatoms. The van der Waals surface area contributed by atoms with Crippen LogP contribution in [0.2, 0.25) is 0 Å². The normalized spacial score (nSPS) is 10.3. The molecule has 104 valence electrons. The Hall–Kier alpha value is -2.36. The lowest BCUT2D eigenvalue weighted by atomic mass is 10.1. The first-order chi connectivity index (χ1) is 9.47. The van der Waals surface area contributed by atoms with Crippen LogP contribution in [-0.4, -0.2) is 5.91 Å². The fourth-order valence-corrected chi connectivity index (χ4v) is 1.82. The lowest BCUT2D eigenvalue weighted by Gasteiger charge is -2.08. The molecule has 3 nitrogen and oxygen atoms in total. The van der Waals surface area contributed by atoms with E-state index < -0.39 is 5.82 Å². The molecule has 3 N–H and O–H groups in total. The highest BCUT2D eigenvalue weighted by Crippen LogP contribution is 2.17. The van der Waals surface area contributed by atoms with Gasteiger partial charge in [0.05, 0.1) is 0 Å². The van der Waals surface area contributed by atoms with E-state index in [1.54, 1.807) is 6.92 Å². The predicted octanol–water partition coefficient (Wildman–Crippen LogP) is 2.95. The van der Waals surface area contributed by atoms with Crippen LogP contribution in [0.1, 0.15) is 27.0 Å². The summed E-state index contributed by atoms with van der Waals surface area (Å²) >= 11 is 0. The fourth-order valence-electron chi connectivity index (χ4n) is 1.82. The molecule has 0 spiro atoms. The second-order valence-corrected chi connectivity index (χ2v) is 4.84. The van der Waals surface area contributed by atoms with Gasteiger partial charge in [-0.25, -0.2) is 4.39 Å². The summed E-state index contributed by atoms with van der Waals surface area (Å²) in [5.41, 5.74) is 8.69. The smallest absolute Gasteiger partial charge is 0.251 e. The van der Waals surface area contributed by atoms with Gasteiger partial charge in [0.2, 0.25) is 0 Å². The van der Waals surface area contributed by atoms with Crippen molar-refractivity contribution in [3.8, 4) is 0 Å². The molecule has 20 heavy (non-hydrogen) atoms. The van der Waals surface area contributed by atoms with Crippen molar-refractivity contribution >= 4 is 11.6 Å². The zero-order chi connectivity index (χ0) is 14.7. The maximum absolute atomic E-state index is 13.5. The van der Waals surface area contributed by atoms with Gasteiger partial charge in [-0.3, -0.25) is 4.79 Å². The van der Waals surface area contributed by atoms with Gasteiger partial charge in [-0.2, -0.15) is 0 Å². The summed E-state index contributed by atoms with van der Waals surface area (Å²) in [4.78, 5) is 12.0. The lowest BCUT2D eigenvalue weighted by molar-refractivity contribution is 0.0950. The highest BCUT2D eigenvalue weighted by Gasteiger charge is 2.10. The van der Waals surface area contributed by atoms with Gasteiger partial charge in [-0.05, 0) is 31.5 Å². The highest BCUT2D eigenvalue weighted by atomic mass is 19.1. The molecule has 0 saturated heterocycles. The van der Waals surface area contributed by atoms with E-state index in [0.717, 1.165) is 11.1 Å². The van der Waals surface area contributed by atoms with Crippen LogP contribution in [-0.2, 0) is 6.54 Å². The average molecular weight is 272 g/mol. The number of nitrogens with one attached hydrogen (secondary N) is 1. The van der Waals surface area contributed by atoms with Gasteiger partial charge in [0, 0.05) is 23.4 Å². The van der Waals surface area contributed by atoms with E-state index in [1.165, 1.54) is 12.1 Å². The van der Waals surface area contributed by atoms with Gasteiger partial charge in [0.15, 0.2) is 0 Å². The van der Waals surface area contributed by atoms with Crippen molar-refractivity contribution in [2.24, 2.45) is 0 Å². The van der Waals surface area contributed by atoms with Crippen molar-refractivity contribution in [2.75, 3.05) is 5.73 Å². The first kappa shape index (κ1) is 14.1. The number of nitrogens with two attached hydrogens (primary N) is 1. The van der Waals surface area contributed by atoms with Gasteiger partial charge in [0.1, 0.15) is 5.82 Å². The number of carbonyl (C=O) groups excluding carboxylic acids is 1. The number of carbonyl (C=O) groups is 1. The fraction of sp³-hybridized carbons (Fsp3) is 0.188. The molecule has 0 heterocycles. The molecule has 0 aliphatic rings. The number of anilines is 1. The van der Waals surface area contributed by atoms with Gasteiger partial charge in [0.25, 0.3) is 5.91 Å². The van der Waals surface area contributed by atoms with Gasteiger partial charge >= 0.3 is 0 Å². The van der Waals surface area contributed by atoms with Crippen LogP contribution in [0, 0.1) is 19.7 Å². The summed E-state index contributed by atoms with van der Waals surface area (Å²) in [6.07, 6.45) is 0. The molecule has 0 unspecified atom stereocenters. The third-order valence-electron chi connectivity index (χ3n) is 3.22. The Morgan fingerprint density at radius 3 is 2.45 bits per heavy atom. The van der Waals surface area contributed by atoms with E-state index >= 15 is 0 Å². The summed E-state index contributed by atoms with van der Waals surface area (Å²) in [5.74, 6) is -0.804. The van der Waals surface area contributed by atoms with E-state index in [0.29, 0.717) is 12.1 Å². The van der Waals surface area contributed by atoms with E-state index in [9.17, 15) is 9.18 Å². The molecule has 1 amide bonds. The first-order valence-electron chi connectivity index (χ1n) is 6.36. The predicted molar refractivity (Wildman–Crippen MR) is 77.9 cm³/mol. The third kappa shape index (κ3) is 3.15. The van der Waals surface area contributed by atoms with E-state index in [2.05, 4.69) is 5.32 Å². The molecule has 0 aliphatic heterocycles. The minimum Gasteiger partial charge on any atom is -0.398 e. The van der Waals surface area contributed by atoms with Crippen molar-refractivity contribution in [3.05, 3.63) is 64.5 Å². The summed E-state index contributed by atoms with van der Waals surface area (Å²) < 4.78 is 13.5. The molecular weight excluding hydrogens is 255 g/mol. The van der Waals surface area contributed by atoms with Crippen molar-refractivity contribution in [3.63, 3.8) is 0 Å². The summed E-state index contributed by atoms with van der Waals surface area (Å²) in [6, 6.07) is 10.5. The number of nitrogen functional groups attached to an aromatic ring is 1. The molecule has 0 radical (unpaired) electrons. The number of hydrogen-bond donors (Lipinski definition) is 2. The molecule has 0 atom stereocenters. The summed E-state index contributed by atoms with van der Waals surface area (Å²) in [5, 5.41) is 2.75. The Kier molecular flexibility index (Phi) is 4.03. The number of aryl methyl sites for hydroxylation is 1. The van der Waals surface area contributed by atoms with Crippen LogP contribution in [0.3, 0.4) is 0 Å². The SMILES string of the molecule is Cc1ccc(CNC(=O)c2cc(N)c(C)c(F)c2)cc1. The van der Waals surface area contributed by atoms with Crippen LogP contribution < -0.4 is 11.1 Å². The second-order valence-electron chi connectivity index (χ2n) is 4.84. The molecule has 0 bridgehead atoms. The standard InChI is InChI=1S/C16H17FN2O/c1-10-3-5-12(6-4-10)9-19-16(20)13-7-14(17)11(2)15(18)8-13/h3-8H,9,18H2,1-2H3,(H,19,20). The zero-order valence-electron chi connectivity index (χ0n) is 11.5. The maximum atomic E-state index is 13.5. The first-order valence-corrected chi connectivity index (χ1v) is 6.36. The highest BCUT2D eigenvalue weighted by molar-refractivity contribution is 5.95. The minimum absolute atomic E-state index is 0.234. The molecule has 0 aromatic heterocycles. The molecule has 2 rings (SSSR count). The Bertz CT molecular complexity index is 612. The largest absolute Gasteiger partial charge is 0.398 e. The Balaban J connectivity index is 2.07. The van der Waals surface area contributed by atoms with E-state index in [-0.39, 0.29) is 17.2 Å². The quantitative estimate of drug-likeness (QED) is 0.844. The zero-order valence-corrected chi connectivity index (χ0v) is 11.5. The van der Waals surface area contributed by atoms with Crippen LogP contribution in [0.5, 0.6) is 0 Å². The number of benzene rings is 2. The minimum atomic E-state index is -0.467. The van der Waals surface area contributed by atoms with E-state index in [4.69, 9.17) is 5.73 Å². The number of halogens is 1. The Labute approximate surface area is 117 Å².